The van der Waals surface area contributed by atoms with E-state index in [-0.39, 0.29) is 18.0 Å². The standard InChI is InChI=1S/C22H24FN3O2S/c23-18-9-4-10-19-20(18)25-22(29-19)28-17-11-14-26(15-12-17)21(27)24-13-5-8-16-6-2-1-3-7-16/h1-4,6-7,9-10,17H,5,8,11-15H2,(H,24,27). The van der Waals surface area contributed by atoms with E-state index in [0.29, 0.717) is 30.3 Å². The largest absolute Gasteiger partial charge is 0.467 e. The summed E-state index contributed by atoms with van der Waals surface area (Å²) in [4.78, 5) is 18.4. The topological polar surface area (TPSA) is 54.5 Å². The first-order valence-electron chi connectivity index (χ1n) is 9.97. The number of halogens is 1. The van der Waals surface area contributed by atoms with E-state index >= 15 is 0 Å². The smallest absolute Gasteiger partial charge is 0.317 e. The molecule has 0 radical (unpaired) electrons. The predicted molar refractivity (Wildman–Crippen MR) is 113 cm³/mol. The Labute approximate surface area is 173 Å². The number of amides is 2. The third-order valence-corrected chi connectivity index (χ3v) is 6.02. The first-order chi connectivity index (χ1) is 14.2. The molecular formula is C22H24FN3O2S. The van der Waals surface area contributed by atoms with Crippen molar-refractivity contribution in [3.05, 3.63) is 59.9 Å². The molecule has 0 unspecified atom stereocenters. The molecule has 1 aliphatic rings. The van der Waals surface area contributed by atoms with Gasteiger partial charge in [0.2, 0.25) is 0 Å². The number of rotatable bonds is 6. The fourth-order valence-electron chi connectivity index (χ4n) is 3.51. The summed E-state index contributed by atoms with van der Waals surface area (Å²) in [5.74, 6) is -0.327. The minimum absolute atomic E-state index is 0.000698. The second-order valence-corrected chi connectivity index (χ2v) is 8.18. The molecule has 0 atom stereocenters. The Morgan fingerprint density at radius 3 is 2.72 bits per heavy atom. The molecule has 2 amide bonds. The minimum Gasteiger partial charge on any atom is -0.467 e. The molecule has 1 fully saturated rings. The second kappa shape index (κ2) is 9.22. The number of aryl methyl sites for hydroxylation is 1. The molecule has 2 heterocycles. The number of piperidine rings is 1. The minimum atomic E-state index is -0.327. The fourth-order valence-corrected chi connectivity index (χ4v) is 4.40. The van der Waals surface area contributed by atoms with Crippen LogP contribution in [0.25, 0.3) is 10.2 Å². The van der Waals surface area contributed by atoms with E-state index in [1.54, 1.807) is 6.07 Å². The van der Waals surface area contributed by atoms with Crippen molar-refractivity contribution in [3.63, 3.8) is 0 Å². The van der Waals surface area contributed by atoms with Crippen LogP contribution in [0.15, 0.2) is 48.5 Å². The Hall–Kier alpha value is -2.67. The van der Waals surface area contributed by atoms with E-state index in [2.05, 4.69) is 22.4 Å². The number of carbonyl (C=O) groups excluding carboxylic acids is 1. The number of nitrogens with zero attached hydrogens (tertiary/aromatic N) is 2. The molecule has 1 aliphatic heterocycles. The van der Waals surface area contributed by atoms with E-state index in [4.69, 9.17) is 4.74 Å². The first kappa shape index (κ1) is 19.6. The lowest BCUT2D eigenvalue weighted by atomic mass is 10.1. The summed E-state index contributed by atoms with van der Waals surface area (Å²) < 4.78 is 20.5. The van der Waals surface area contributed by atoms with Crippen molar-refractivity contribution in [2.45, 2.75) is 31.8 Å². The van der Waals surface area contributed by atoms with Gasteiger partial charge in [-0.3, -0.25) is 0 Å². The van der Waals surface area contributed by atoms with Crippen LogP contribution < -0.4 is 10.1 Å². The van der Waals surface area contributed by atoms with E-state index in [9.17, 15) is 9.18 Å². The van der Waals surface area contributed by atoms with E-state index in [1.807, 2.05) is 29.2 Å². The number of thiazole rings is 1. The van der Waals surface area contributed by atoms with Gasteiger partial charge in [-0.15, -0.1) is 0 Å². The van der Waals surface area contributed by atoms with Gasteiger partial charge in [0.1, 0.15) is 17.4 Å². The van der Waals surface area contributed by atoms with Gasteiger partial charge < -0.3 is 15.0 Å². The number of aromatic nitrogens is 1. The van der Waals surface area contributed by atoms with Gasteiger partial charge in [0.25, 0.3) is 5.19 Å². The Balaban J connectivity index is 1.19. The maximum Gasteiger partial charge on any atom is 0.317 e. The molecule has 0 saturated carbocycles. The predicted octanol–water partition coefficient (Wildman–Crippen LogP) is 4.62. The Morgan fingerprint density at radius 1 is 1.17 bits per heavy atom. The zero-order valence-electron chi connectivity index (χ0n) is 16.1. The maximum absolute atomic E-state index is 13.8. The Bertz CT molecular complexity index is 955. The fraction of sp³-hybridized carbons (Fsp3) is 0.364. The molecule has 5 nitrogen and oxygen atoms in total. The van der Waals surface area contributed by atoms with Gasteiger partial charge in [0.05, 0.1) is 4.70 Å². The van der Waals surface area contributed by atoms with Gasteiger partial charge in [-0.25, -0.2) is 9.18 Å². The van der Waals surface area contributed by atoms with Gasteiger partial charge in [-0.05, 0) is 30.5 Å². The number of nitrogens with one attached hydrogen (secondary N) is 1. The number of ether oxygens (including phenoxy) is 1. The quantitative estimate of drug-likeness (QED) is 0.600. The van der Waals surface area contributed by atoms with Crippen molar-refractivity contribution in [2.75, 3.05) is 19.6 Å². The number of hydrogen-bond acceptors (Lipinski definition) is 4. The lowest BCUT2D eigenvalue weighted by molar-refractivity contribution is 0.111. The number of hydrogen-bond donors (Lipinski definition) is 1. The average molecular weight is 414 g/mol. The van der Waals surface area contributed by atoms with Crippen molar-refractivity contribution in [3.8, 4) is 5.19 Å². The Kier molecular flexibility index (Phi) is 6.24. The summed E-state index contributed by atoms with van der Waals surface area (Å²) in [5.41, 5.74) is 1.65. The number of benzene rings is 2. The van der Waals surface area contributed by atoms with E-state index < -0.39 is 0 Å². The lowest BCUT2D eigenvalue weighted by Crippen LogP contribution is -2.46. The van der Waals surface area contributed by atoms with Crippen LogP contribution in [-0.2, 0) is 6.42 Å². The van der Waals surface area contributed by atoms with Crippen LogP contribution in [0.4, 0.5) is 9.18 Å². The summed E-state index contributed by atoms with van der Waals surface area (Å²) in [6.07, 6.45) is 3.37. The lowest BCUT2D eigenvalue weighted by Gasteiger charge is -2.31. The van der Waals surface area contributed by atoms with Crippen molar-refractivity contribution >= 4 is 27.6 Å². The second-order valence-electron chi connectivity index (χ2n) is 7.19. The summed E-state index contributed by atoms with van der Waals surface area (Å²) in [6, 6.07) is 15.2. The number of likely N-dealkylation sites (tertiary alicyclic amines) is 1. The molecule has 4 rings (SSSR count). The molecular weight excluding hydrogens is 389 g/mol. The molecule has 3 aromatic rings. The number of para-hydroxylation sites is 1. The van der Waals surface area contributed by atoms with Crippen molar-refractivity contribution < 1.29 is 13.9 Å². The third-order valence-electron chi connectivity index (χ3n) is 5.11. The highest BCUT2D eigenvalue weighted by Crippen LogP contribution is 2.31. The van der Waals surface area contributed by atoms with Crippen LogP contribution >= 0.6 is 11.3 Å². The molecule has 1 saturated heterocycles. The SMILES string of the molecule is O=C(NCCCc1ccccc1)N1CCC(Oc2nc3c(F)cccc3s2)CC1. The summed E-state index contributed by atoms with van der Waals surface area (Å²) in [6.45, 7) is 1.96. The van der Waals surface area contributed by atoms with Gasteiger partial charge in [-0.2, -0.15) is 4.98 Å². The van der Waals surface area contributed by atoms with Gasteiger partial charge in [-0.1, -0.05) is 47.7 Å². The highest BCUT2D eigenvalue weighted by molar-refractivity contribution is 7.20. The average Bonchev–Trinajstić information content (AvgIpc) is 3.16. The van der Waals surface area contributed by atoms with Crippen LogP contribution in [-0.4, -0.2) is 41.7 Å². The molecule has 0 bridgehead atoms. The van der Waals surface area contributed by atoms with Crippen LogP contribution in [0.3, 0.4) is 0 Å². The molecule has 1 N–H and O–H groups in total. The highest BCUT2D eigenvalue weighted by atomic mass is 32.1. The number of fused-ring (bicyclic) bond motifs is 1. The molecule has 152 valence electrons. The first-order valence-corrected chi connectivity index (χ1v) is 10.8. The van der Waals surface area contributed by atoms with Crippen LogP contribution in [0.1, 0.15) is 24.8 Å². The van der Waals surface area contributed by atoms with E-state index in [0.717, 1.165) is 30.4 Å². The van der Waals surface area contributed by atoms with Gasteiger partial charge in [0, 0.05) is 32.5 Å². The van der Waals surface area contributed by atoms with Crippen LogP contribution in [0.5, 0.6) is 5.19 Å². The molecule has 1 aromatic heterocycles. The van der Waals surface area contributed by atoms with Crippen molar-refractivity contribution in [2.24, 2.45) is 0 Å². The molecule has 29 heavy (non-hydrogen) atoms. The number of urea groups is 1. The van der Waals surface area contributed by atoms with E-state index in [1.165, 1.54) is 23.0 Å². The summed E-state index contributed by atoms with van der Waals surface area (Å²) >= 11 is 1.36. The van der Waals surface area contributed by atoms with Crippen molar-refractivity contribution in [1.82, 2.24) is 15.2 Å². The normalized spacial score (nSPS) is 14.9. The summed E-state index contributed by atoms with van der Waals surface area (Å²) in [7, 11) is 0. The Morgan fingerprint density at radius 2 is 1.97 bits per heavy atom. The zero-order chi connectivity index (χ0) is 20.1. The third kappa shape index (κ3) is 5.03. The molecule has 7 heteroatoms. The molecule has 2 aromatic carbocycles. The molecule has 0 aliphatic carbocycles. The molecule has 0 spiro atoms. The summed E-state index contributed by atoms with van der Waals surface area (Å²) in [5, 5.41) is 3.50. The number of carbonyl (C=O) groups is 1. The van der Waals surface area contributed by atoms with Crippen LogP contribution in [0.2, 0.25) is 0 Å². The monoisotopic (exact) mass is 413 g/mol. The van der Waals surface area contributed by atoms with Gasteiger partial charge in [0.15, 0.2) is 0 Å². The van der Waals surface area contributed by atoms with Gasteiger partial charge >= 0.3 is 6.03 Å². The maximum atomic E-state index is 13.8. The highest BCUT2D eigenvalue weighted by Gasteiger charge is 2.24. The van der Waals surface area contributed by atoms with Crippen molar-refractivity contribution in [1.29, 1.82) is 0 Å². The van der Waals surface area contributed by atoms with Crippen LogP contribution in [0, 0.1) is 5.82 Å². The zero-order valence-corrected chi connectivity index (χ0v) is 17.0.